The lowest BCUT2D eigenvalue weighted by molar-refractivity contribution is -0.112. The van der Waals surface area contributed by atoms with Crippen molar-refractivity contribution in [1.82, 2.24) is 0 Å². The SMILES string of the molecule is N#C/C(=C/c1cc(Br)c(OCc2ccc(C(=O)O)cc2)c(I)c1)C(=O)Nc1ccc(Br)cc1. The van der Waals surface area contributed by atoms with Crippen molar-refractivity contribution in [3.63, 3.8) is 0 Å². The average Bonchev–Trinajstić information content (AvgIpc) is 2.78. The third-order valence-corrected chi connectivity index (χ3v) is 6.30. The zero-order valence-electron chi connectivity index (χ0n) is 16.8. The Morgan fingerprint density at radius 1 is 1.09 bits per heavy atom. The van der Waals surface area contributed by atoms with Crippen LogP contribution in [0.15, 0.2) is 75.2 Å². The first-order valence-corrected chi connectivity index (χ1v) is 12.1. The molecule has 6 nitrogen and oxygen atoms in total. The van der Waals surface area contributed by atoms with E-state index in [9.17, 15) is 14.9 Å². The Hall–Kier alpha value is -2.68. The Morgan fingerprint density at radius 3 is 2.33 bits per heavy atom. The number of ether oxygens (including phenoxy) is 1. The van der Waals surface area contributed by atoms with Gasteiger partial charge in [0, 0.05) is 10.2 Å². The number of carbonyl (C=O) groups is 2. The number of rotatable bonds is 7. The van der Waals surface area contributed by atoms with Crippen molar-refractivity contribution in [2.75, 3.05) is 5.32 Å². The van der Waals surface area contributed by atoms with Crippen LogP contribution in [0.1, 0.15) is 21.5 Å². The number of hydrogen-bond acceptors (Lipinski definition) is 4. The Balaban J connectivity index is 1.74. The van der Waals surface area contributed by atoms with Crippen LogP contribution in [0.4, 0.5) is 5.69 Å². The molecule has 3 rings (SSSR count). The van der Waals surface area contributed by atoms with E-state index in [-0.39, 0.29) is 17.7 Å². The monoisotopic (exact) mass is 680 g/mol. The van der Waals surface area contributed by atoms with Crippen LogP contribution in [0.5, 0.6) is 5.75 Å². The number of amides is 1. The van der Waals surface area contributed by atoms with E-state index in [1.54, 1.807) is 48.5 Å². The number of carboxylic acid groups (broad SMARTS) is 1. The molecule has 3 aromatic carbocycles. The molecule has 0 aliphatic heterocycles. The van der Waals surface area contributed by atoms with Gasteiger partial charge in [-0.25, -0.2) is 4.79 Å². The molecule has 0 fully saturated rings. The van der Waals surface area contributed by atoms with Gasteiger partial charge in [-0.2, -0.15) is 5.26 Å². The van der Waals surface area contributed by atoms with Crippen molar-refractivity contribution in [1.29, 1.82) is 5.26 Å². The minimum atomic E-state index is -0.981. The fraction of sp³-hybridized carbons (Fsp3) is 0.0417. The molecule has 0 unspecified atom stereocenters. The fourth-order valence-electron chi connectivity index (χ4n) is 2.75. The molecule has 33 heavy (non-hydrogen) atoms. The summed E-state index contributed by atoms with van der Waals surface area (Å²) in [5.74, 6) is -0.880. The predicted molar refractivity (Wildman–Crippen MR) is 141 cm³/mol. The third-order valence-electron chi connectivity index (χ3n) is 4.38. The summed E-state index contributed by atoms with van der Waals surface area (Å²) in [6, 6.07) is 19.0. The molecule has 0 bridgehead atoms. The molecule has 0 radical (unpaired) electrons. The van der Waals surface area contributed by atoms with Crippen molar-refractivity contribution >= 4 is 78.1 Å². The van der Waals surface area contributed by atoms with Crippen molar-refractivity contribution in [2.24, 2.45) is 0 Å². The summed E-state index contributed by atoms with van der Waals surface area (Å²) in [5, 5.41) is 21.2. The van der Waals surface area contributed by atoms with E-state index in [1.165, 1.54) is 18.2 Å². The lowest BCUT2D eigenvalue weighted by Gasteiger charge is -2.12. The Morgan fingerprint density at radius 2 is 1.76 bits per heavy atom. The maximum Gasteiger partial charge on any atom is 0.335 e. The van der Waals surface area contributed by atoms with Gasteiger partial charge in [0.1, 0.15) is 24.0 Å². The van der Waals surface area contributed by atoms with E-state index < -0.39 is 11.9 Å². The minimum Gasteiger partial charge on any atom is -0.487 e. The van der Waals surface area contributed by atoms with Crippen LogP contribution in [0.2, 0.25) is 0 Å². The van der Waals surface area contributed by atoms with Crippen LogP contribution in [-0.4, -0.2) is 17.0 Å². The van der Waals surface area contributed by atoms with Gasteiger partial charge in [-0.15, -0.1) is 0 Å². The van der Waals surface area contributed by atoms with Crippen molar-refractivity contribution in [3.8, 4) is 11.8 Å². The van der Waals surface area contributed by atoms with Gasteiger partial charge in [0.25, 0.3) is 5.91 Å². The van der Waals surface area contributed by atoms with Crippen LogP contribution in [-0.2, 0) is 11.4 Å². The number of nitriles is 1. The number of carboxylic acids is 1. The van der Waals surface area contributed by atoms with E-state index in [4.69, 9.17) is 9.84 Å². The number of carbonyl (C=O) groups excluding carboxylic acids is 1. The predicted octanol–water partition coefficient (Wildman–Crippen LogP) is 6.64. The first kappa shape index (κ1) is 25.0. The normalized spacial score (nSPS) is 10.9. The van der Waals surface area contributed by atoms with Crippen molar-refractivity contribution < 1.29 is 19.4 Å². The molecule has 3 aromatic rings. The first-order chi connectivity index (χ1) is 15.8. The molecule has 166 valence electrons. The molecule has 2 N–H and O–H groups in total. The molecule has 9 heteroatoms. The average molecular weight is 682 g/mol. The van der Waals surface area contributed by atoms with Gasteiger partial charge in [0.15, 0.2) is 0 Å². The van der Waals surface area contributed by atoms with Crippen LogP contribution in [0.25, 0.3) is 6.08 Å². The number of anilines is 1. The highest BCUT2D eigenvalue weighted by atomic mass is 127. The van der Waals surface area contributed by atoms with Gasteiger partial charge in [-0.3, -0.25) is 4.79 Å². The molecule has 0 saturated heterocycles. The van der Waals surface area contributed by atoms with Gasteiger partial charge >= 0.3 is 5.97 Å². The molecule has 0 heterocycles. The second-order valence-electron chi connectivity index (χ2n) is 6.74. The molecule has 0 aliphatic rings. The van der Waals surface area contributed by atoms with Crippen LogP contribution in [0.3, 0.4) is 0 Å². The summed E-state index contributed by atoms with van der Waals surface area (Å²) in [4.78, 5) is 23.5. The summed E-state index contributed by atoms with van der Waals surface area (Å²) in [6.07, 6.45) is 1.51. The molecular formula is C24H15Br2IN2O4. The Labute approximate surface area is 220 Å². The third kappa shape index (κ3) is 6.90. The summed E-state index contributed by atoms with van der Waals surface area (Å²) in [6.45, 7) is 0.253. The fourth-order valence-corrected chi connectivity index (χ4v) is 4.78. The quantitative estimate of drug-likeness (QED) is 0.166. The van der Waals surface area contributed by atoms with Gasteiger partial charge in [0.2, 0.25) is 0 Å². The number of nitrogens with zero attached hydrogens (tertiary/aromatic N) is 1. The molecule has 0 atom stereocenters. The van der Waals surface area contributed by atoms with E-state index in [2.05, 4.69) is 59.8 Å². The summed E-state index contributed by atoms with van der Waals surface area (Å²) in [7, 11) is 0. The van der Waals surface area contributed by atoms with E-state index in [0.717, 1.165) is 13.6 Å². The number of halogens is 3. The first-order valence-electron chi connectivity index (χ1n) is 9.39. The Kier molecular flexibility index (Phi) is 8.66. The highest BCUT2D eigenvalue weighted by Crippen LogP contribution is 2.33. The Bertz CT molecular complexity index is 1240. The van der Waals surface area contributed by atoms with Gasteiger partial charge < -0.3 is 15.2 Å². The summed E-state index contributed by atoms with van der Waals surface area (Å²) < 4.78 is 8.23. The topological polar surface area (TPSA) is 99.4 Å². The van der Waals surface area contributed by atoms with Gasteiger partial charge in [-0.1, -0.05) is 28.1 Å². The second-order valence-corrected chi connectivity index (χ2v) is 9.67. The highest BCUT2D eigenvalue weighted by molar-refractivity contribution is 14.1. The van der Waals surface area contributed by atoms with Crippen LogP contribution < -0.4 is 10.1 Å². The van der Waals surface area contributed by atoms with E-state index in [0.29, 0.717) is 21.5 Å². The second kappa shape index (κ2) is 11.4. The van der Waals surface area contributed by atoms with Crippen molar-refractivity contribution in [2.45, 2.75) is 6.61 Å². The van der Waals surface area contributed by atoms with Crippen LogP contribution >= 0.6 is 54.5 Å². The maximum atomic E-state index is 12.5. The molecule has 0 saturated carbocycles. The zero-order valence-corrected chi connectivity index (χ0v) is 22.1. The summed E-state index contributed by atoms with van der Waals surface area (Å²) >= 11 is 8.94. The molecule has 0 aromatic heterocycles. The smallest absolute Gasteiger partial charge is 0.335 e. The lowest BCUT2D eigenvalue weighted by Crippen LogP contribution is -2.13. The number of nitrogens with one attached hydrogen (secondary N) is 1. The van der Waals surface area contributed by atoms with Gasteiger partial charge in [-0.05, 0) is 104 Å². The van der Waals surface area contributed by atoms with Crippen LogP contribution in [0, 0.1) is 14.9 Å². The largest absolute Gasteiger partial charge is 0.487 e. The molecule has 0 spiro atoms. The molecule has 1 amide bonds. The standard InChI is InChI=1S/C24H15Br2IN2O4/c25-18-5-7-19(8-6-18)29-23(30)17(12-28)9-15-10-20(26)22(21(27)11-15)33-13-14-1-3-16(4-2-14)24(31)32/h1-11H,13H2,(H,29,30)(H,31,32)/b17-9-. The van der Waals surface area contributed by atoms with E-state index >= 15 is 0 Å². The number of benzene rings is 3. The zero-order chi connectivity index (χ0) is 24.0. The molecular weight excluding hydrogens is 667 g/mol. The van der Waals surface area contributed by atoms with Crippen molar-refractivity contribution in [3.05, 3.63) is 95.4 Å². The lowest BCUT2D eigenvalue weighted by atomic mass is 10.1. The summed E-state index contributed by atoms with van der Waals surface area (Å²) in [5.41, 5.74) is 2.24. The highest BCUT2D eigenvalue weighted by Gasteiger charge is 2.13. The van der Waals surface area contributed by atoms with Gasteiger partial charge in [0.05, 0.1) is 13.6 Å². The molecule has 0 aliphatic carbocycles. The maximum absolute atomic E-state index is 12.5. The number of hydrogen-bond donors (Lipinski definition) is 2. The van der Waals surface area contributed by atoms with E-state index in [1.807, 2.05) is 6.07 Å². The minimum absolute atomic E-state index is 0.0344. The number of aromatic carboxylic acids is 1.